The summed E-state index contributed by atoms with van der Waals surface area (Å²) < 4.78 is 50.5. The van der Waals surface area contributed by atoms with Crippen molar-refractivity contribution in [2.75, 3.05) is 0 Å². The number of halogens is 3. The molecule has 0 radical (unpaired) electrons. The summed E-state index contributed by atoms with van der Waals surface area (Å²) in [6.07, 6.45) is -4.37. The van der Waals surface area contributed by atoms with Crippen LogP contribution < -0.4 is 4.72 Å². The molecule has 2 nitrogen and oxygen atoms in total. The maximum absolute atomic E-state index is 12.5. The van der Waals surface area contributed by atoms with Gasteiger partial charge in [0, 0.05) is 11.4 Å². The zero-order valence-electron chi connectivity index (χ0n) is 9.61. The molecule has 0 saturated carbocycles. The Kier molecular flexibility index (Phi) is 4.95. The van der Waals surface area contributed by atoms with E-state index in [0.29, 0.717) is 0 Å². The third-order valence-electron chi connectivity index (χ3n) is 1.81. The molecular weight excluding hydrogens is 227 g/mol. The highest BCUT2D eigenvalue weighted by Crippen LogP contribution is 2.27. The Morgan fingerprint density at radius 3 is 1.73 bits per heavy atom. The van der Waals surface area contributed by atoms with E-state index < -0.39 is 34.2 Å². The summed E-state index contributed by atoms with van der Waals surface area (Å²) in [6, 6.07) is -1.72. The van der Waals surface area contributed by atoms with Gasteiger partial charge in [0.05, 0.1) is 0 Å². The molecule has 0 bridgehead atoms. The minimum Gasteiger partial charge on any atom is -0.598 e. The van der Waals surface area contributed by atoms with Crippen LogP contribution in [0.25, 0.3) is 0 Å². The zero-order valence-corrected chi connectivity index (χ0v) is 10.4. The molecule has 15 heavy (non-hydrogen) atoms. The first kappa shape index (κ1) is 15.1. The van der Waals surface area contributed by atoms with Crippen LogP contribution in [0.3, 0.4) is 0 Å². The third kappa shape index (κ3) is 5.08. The quantitative estimate of drug-likeness (QED) is 0.776. The monoisotopic (exact) mass is 245 g/mol. The van der Waals surface area contributed by atoms with Crippen LogP contribution in [0.2, 0.25) is 0 Å². The fourth-order valence-corrected chi connectivity index (χ4v) is 1.86. The molecule has 0 saturated heterocycles. The summed E-state index contributed by atoms with van der Waals surface area (Å²) in [5.41, 5.74) is 0. The van der Waals surface area contributed by atoms with Crippen molar-refractivity contribution in [1.82, 2.24) is 4.72 Å². The number of rotatable bonds is 3. The van der Waals surface area contributed by atoms with E-state index in [2.05, 4.69) is 4.72 Å². The van der Waals surface area contributed by atoms with E-state index in [0.717, 1.165) is 0 Å². The average Bonchev–Trinajstić information content (AvgIpc) is 1.94. The largest absolute Gasteiger partial charge is 0.598 e. The molecule has 0 unspecified atom stereocenters. The molecule has 0 aromatic rings. The maximum atomic E-state index is 12.5. The van der Waals surface area contributed by atoms with Gasteiger partial charge in [0.1, 0.15) is 4.75 Å². The minimum absolute atomic E-state index is 0.642. The lowest BCUT2D eigenvalue weighted by Crippen LogP contribution is -2.53. The van der Waals surface area contributed by atoms with E-state index in [1.54, 1.807) is 20.8 Å². The van der Waals surface area contributed by atoms with E-state index in [1.807, 2.05) is 0 Å². The molecule has 0 amide bonds. The number of nitrogens with one attached hydrogen (secondary N) is 1. The standard InChI is InChI=1S/C9H18F3NOS/c1-6(2)7(9(10,11)12)13-15(14)8(3,4)5/h6-7,13H,1-5H3/t7-,15+/m1/s1. The van der Waals surface area contributed by atoms with Gasteiger partial charge in [0.2, 0.25) is 0 Å². The first-order chi connectivity index (χ1) is 6.46. The van der Waals surface area contributed by atoms with Gasteiger partial charge in [-0.05, 0) is 26.7 Å². The van der Waals surface area contributed by atoms with E-state index in [9.17, 15) is 17.7 Å². The van der Waals surface area contributed by atoms with E-state index in [4.69, 9.17) is 0 Å². The predicted octanol–water partition coefficient (Wildman–Crippen LogP) is 2.63. The van der Waals surface area contributed by atoms with Gasteiger partial charge in [0.25, 0.3) is 0 Å². The van der Waals surface area contributed by atoms with Crippen molar-refractivity contribution in [3.8, 4) is 0 Å². The average molecular weight is 245 g/mol. The van der Waals surface area contributed by atoms with Gasteiger partial charge in [-0.2, -0.15) is 13.2 Å². The summed E-state index contributed by atoms with van der Waals surface area (Å²) in [7, 11) is 0. The lowest BCUT2D eigenvalue weighted by atomic mass is 10.1. The molecule has 0 heterocycles. The molecular formula is C9H18F3NOS. The van der Waals surface area contributed by atoms with Crippen LogP contribution in [0.5, 0.6) is 0 Å². The first-order valence-electron chi connectivity index (χ1n) is 4.71. The normalized spacial score (nSPS) is 18.0. The van der Waals surface area contributed by atoms with Gasteiger partial charge in [-0.3, -0.25) is 0 Å². The second-order valence-electron chi connectivity index (χ2n) is 4.76. The molecule has 0 aliphatic carbocycles. The summed E-state index contributed by atoms with van der Waals surface area (Å²) in [4.78, 5) is 0. The Balaban J connectivity index is 4.58. The third-order valence-corrected chi connectivity index (χ3v) is 3.39. The molecule has 0 aliphatic rings. The van der Waals surface area contributed by atoms with Gasteiger partial charge in [-0.1, -0.05) is 13.8 Å². The second-order valence-corrected chi connectivity index (χ2v) is 6.76. The summed E-state index contributed by atoms with van der Waals surface area (Å²) in [6.45, 7) is 7.79. The molecule has 0 aromatic heterocycles. The molecule has 6 heteroatoms. The predicted molar refractivity (Wildman–Crippen MR) is 55.7 cm³/mol. The number of hydrogen-bond donors (Lipinski definition) is 1. The Morgan fingerprint density at radius 2 is 1.53 bits per heavy atom. The van der Waals surface area contributed by atoms with Crippen molar-refractivity contribution >= 4 is 11.4 Å². The maximum Gasteiger partial charge on any atom is 0.408 e. The number of hydrogen-bond acceptors (Lipinski definition) is 2. The molecule has 0 spiro atoms. The van der Waals surface area contributed by atoms with Crippen molar-refractivity contribution < 1.29 is 17.7 Å². The van der Waals surface area contributed by atoms with Crippen LogP contribution in [0.4, 0.5) is 13.2 Å². The second kappa shape index (κ2) is 4.93. The Hall–Kier alpha value is 0.0600. The van der Waals surface area contributed by atoms with Gasteiger partial charge in [0.15, 0.2) is 6.04 Å². The summed E-state index contributed by atoms with van der Waals surface area (Å²) >= 11 is -1.70. The van der Waals surface area contributed by atoms with Gasteiger partial charge < -0.3 is 4.55 Å². The molecule has 1 N–H and O–H groups in total. The van der Waals surface area contributed by atoms with Crippen LogP contribution in [0.15, 0.2) is 0 Å². The van der Waals surface area contributed by atoms with Crippen LogP contribution >= 0.6 is 0 Å². The van der Waals surface area contributed by atoms with Crippen molar-refractivity contribution in [3.63, 3.8) is 0 Å². The zero-order chi connectivity index (χ0) is 12.4. The Bertz CT molecular complexity index is 201. The SMILES string of the molecule is CC(C)[C@@H](N[S@@+]([O-])C(C)(C)C)C(F)(F)F. The fraction of sp³-hybridized carbons (Fsp3) is 1.00. The highest BCUT2D eigenvalue weighted by molar-refractivity contribution is 7.90. The number of alkyl halides is 3. The van der Waals surface area contributed by atoms with Crippen molar-refractivity contribution in [2.24, 2.45) is 5.92 Å². The van der Waals surface area contributed by atoms with E-state index in [1.165, 1.54) is 13.8 Å². The van der Waals surface area contributed by atoms with E-state index in [-0.39, 0.29) is 0 Å². The van der Waals surface area contributed by atoms with E-state index >= 15 is 0 Å². The van der Waals surface area contributed by atoms with Crippen molar-refractivity contribution in [3.05, 3.63) is 0 Å². The molecule has 0 rings (SSSR count). The smallest absolute Gasteiger partial charge is 0.408 e. The molecule has 2 atom stereocenters. The lowest BCUT2D eigenvalue weighted by molar-refractivity contribution is -0.160. The molecule has 0 aromatic carbocycles. The van der Waals surface area contributed by atoms with Gasteiger partial charge in [-0.15, -0.1) is 4.72 Å². The summed E-state index contributed by atoms with van der Waals surface area (Å²) in [5, 5.41) is 0. The van der Waals surface area contributed by atoms with Gasteiger partial charge >= 0.3 is 6.18 Å². The van der Waals surface area contributed by atoms with Crippen LogP contribution in [0, 0.1) is 5.92 Å². The Labute approximate surface area is 91.9 Å². The fourth-order valence-electron chi connectivity index (χ4n) is 0.873. The molecule has 0 fully saturated rings. The van der Waals surface area contributed by atoms with Gasteiger partial charge in [-0.25, -0.2) is 0 Å². The highest BCUT2D eigenvalue weighted by Gasteiger charge is 2.46. The molecule has 92 valence electrons. The summed E-state index contributed by atoms with van der Waals surface area (Å²) in [5.74, 6) is -0.642. The minimum atomic E-state index is -4.37. The highest BCUT2D eigenvalue weighted by atomic mass is 32.2. The van der Waals surface area contributed by atoms with Crippen LogP contribution in [-0.2, 0) is 11.4 Å². The topological polar surface area (TPSA) is 35.1 Å². The van der Waals surface area contributed by atoms with Crippen LogP contribution in [0.1, 0.15) is 34.6 Å². The van der Waals surface area contributed by atoms with Crippen molar-refractivity contribution in [1.29, 1.82) is 0 Å². The van der Waals surface area contributed by atoms with Crippen molar-refractivity contribution in [2.45, 2.75) is 51.6 Å². The Morgan fingerprint density at radius 1 is 1.13 bits per heavy atom. The van der Waals surface area contributed by atoms with Crippen LogP contribution in [-0.4, -0.2) is 21.5 Å². The first-order valence-corrected chi connectivity index (χ1v) is 5.86. The molecule has 0 aliphatic heterocycles. The lowest BCUT2D eigenvalue weighted by Gasteiger charge is -2.30.